The van der Waals surface area contributed by atoms with Gasteiger partial charge >= 0.3 is 13.2 Å². The van der Waals surface area contributed by atoms with Crippen LogP contribution in [0.2, 0.25) is 0 Å². The fourth-order valence-electron chi connectivity index (χ4n) is 2.03. The second kappa shape index (κ2) is 8.39. The van der Waals surface area contributed by atoms with Crippen molar-refractivity contribution in [3.05, 3.63) is 34.1 Å². The Hall–Kier alpha value is -2.30. The molecule has 11 heteroatoms. The number of hydrogen-bond donors (Lipinski definition) is 2. The first kappa shape index (κ1) is 20.0. The van der Waals surface area contributed by atoms with Crippen molar-refractivity contribution in [1.82, 2.24) is 10.2 Å². The van der Waals surface area contributed by atoms with Gasteiger partial charge in [-0.25, -0.2) is 0 Å². The lowest BCUT2D eigenvalue weighted by Gasteiger charge is -2.13. The van der Waals surface area contributed by atoms with E-state index in [-0.39, 0.29) is 17.3 Å². The van der Waals surface area contributed by atoms with Crippen LogP contribution in [0.5, 0.6) is 11.5 Å². The molecule has 26 heavy (non-hydrogen) atoms. The van der Waals surface area contributed by atoms with E-state index in [9.17, 15) is 22.4 Å². The molecule has 0 unspecified atom stereocenters. The molecule has 0 spiro atoms. The number of hydrogen-bond acceptors (Lipinski definition) is 4. The van der Waals surface area contributed by atoms with Gasteiger partial charge in [0.2, 0.25) is 0 Å². The first-order valence-electron chi connectivity index (χ1n) is 7.27. The Balaban J connectivity index is 2.28. The molecular formula is C15H14BrF4N3O3. The lowest BCUT2D eigenvalue weighted by molar-refractivity contribution is -0.0539. The molecule has 0 aliphatic heterocycles. The largest absolute Gasteiger partial charge is 0.435 e. The lowest BCUT2D eigenvalue weighted by atomic mass is 10.1. The zero-order chi connectivity index (χ0) is 19.4. The van der Waals surface area contributed by atoms with Crippen LogP contribution >= 0.6 is 15.9 Å². The molecule has 142 valence electrons. The van der Waals surface area contributed by atoms with Gasteiger partial charge < -0.3 is 14.8 Å². The highest BCUT2D eigenvalue weighted by atomic mass is 79.9. The molecule has 2 N–H and O–H groups in total. The SMILES string of the molecule is CC(C)c1[nH]nc(C(=O)Nc2ccc(OC(F)F)cc2OC(F)F)c1Br. The number of carbonyl (C=O) groups is 1. The Morgan fingerprint density at radius 3 is 2.38 bits per heavy atom. The predicted molar refractivity (Wildman–Crippen MR) is 88.0 cm³/mol. The summed E-state index contributed by atoms with van der Waals surface area (Å²) in [5.74, 6) is -1.57. The molecule has 0 saturated heterocycles. The van der Waals surface area contributed by atoms with Crippen LogP contribution in [0.3, 0.4) is 0 Å². The third-order valence-electron chi connectivity index (χ3n) is 3.17. The van der Waals surface area contributed by atoms with Gasteiger partial charge in [0.05, 0.1) is 15.9 Å². The average molecular weight is 440 g/mol. The third-order valence-corrected chi connectivity index (χ3v) is 3.97. The maximum Gasteiger partial charge on any atom is 0.387 e. The first-order valence-corrected chi connectivity index (χ1v) is 8.07. The zero-order valence-corrected chi connectivity index (χ0v) is 15.1. The van der Waals surface area contributed by atoms with Gasteiger partial charge in [0.15, 0.2) is 11.4 Å². The van der Waals surface area contributed by atoms with E-state index < -0.39 is 30.6 Å². The predicted octanol–water partition coefficient (Wildman–Crippen LogP) is 4.75. The van der Waals surface area contributed by atoms with Crippen LogP contribution in [0.1, 0.15) is 35.9 Å². The zero-order valence-electron chi connectivity index (χ0n) is 13.5. The second-order valence-corrected chi connectivity index (χ2v) is 6.12. The van der Waals surface area contributed by atoms with Gasteiger partial charge in [-0.3, -0.25) is 9.89 Å². The lowest BCUT2D eigenvalue weighted by Crippen LogP contribution is -2.15. The van der Waals surface area contributed by atoms with E-state index in [1.165, 1.54) is 0 Å². The van der Waals surface area contributed by atoms with Gasteiger partial charge in [0, 0.05) is 6.07 Å². The first-order chi connectivity index (χ1) is 12.2. The Labute approximate surface area is 154 Å². The van der Waals surface area contributed by atoms with E-state index in [2.05, 4.69) is 40.9 Å². The topological polar surface area (TPSA) is 76.2 Å². The van der Waals surface area contributed by atoms with E-state index in [0.29, 0.717) is 10.2 Å². The minimum atomic E-state index is -3.22. The molecule has 0 bridgehead atoms. The van der Waals surface area contributed by atoms with Crippen LogP contribution in [0.4, 0.5) is 23.2 Å². The summed E-state index contributed by atoms with van der Waals surface area (Å²) in [6.07, 6.45) is 0. The van der Waals surface area contributed by atoms with Crippen molar-refractivity contribution in [2.24, 2.45) is 0 Å². The molecular weight excluding hydrogens is 426 g/mol. The van der Waals surface area contributed by atoms with E-state index in [1.807, 2.05) is 13.8 Å². The van der Waals surface area contributed by atoms with Gasteiger partial charge in [-0.2, -0.15) is 22.7 Å². The van der Waals surface area contributed by atoms with Gasteiger partial charge in [-0.05, 0) is 34.0 Å². The molecule has 1 aromatic heterocycles. The van der Waals surface area contributed by atoms with E-state index in [1.54, 1.807) is 0 Å². The van der Waals surface area contributed by atoms with Crippen molar-refractivity contribution in [2.45, 2.75) is 33.0 Å². The fourth-order valence-corrected chi connectivity index (χ4v) is 2.85. The quantitative estimate of drug-likeness (QED) is 0.610. The summed E-state index contributed by atoms with van der Waals surface area (Å²) in [6.45, 7) is -2.59. The van der Waals surface area contributed by atoms with Crippen LogP contribution in [0.15, 0.2) is 22.7 Å². The standard InChI is InChI=1S/C15H14BrF4N3O3/c1-6(2)11-10(16)12(23-22-11)13(24)21-8-4-3-7(25-14(17)18)5-9(8)26-15(19)20/h3-6,14-15H,1-2H3,(H,21,24)(H,22,23). The molecule has 1 amide bonds. The van der Waals surface area contributed by atoms with Gasteiger partial charge in [0.1, 0.15) is 5.75 Å². The summed E-state index contributed by atoms with van der Waals surface area (Å²) in [6, 6.07) is 3.02. The minimum absolute atomic E-state index is 0.00426. The normalized spacial score (nSPS) is 11.3. The maximum absolute atomic E-state index is 12.6. The Bertz CT molecular complexity index is 783. The molecule has 0 aliphatic rings. The van der Waals surface area contributed by atoms with Crippen LogP contribution in [0, 0.1) is 0 Å². The molecule has 2 aromatic rings. The van der Waals surface area contributed by atoms with Crippen molar-refractivity contribution in [3.63, 3.8) is 0 Å². The highest BCUT2D eigenvalue weighted by molar-refractivity contribution is 9.10. The number of aromatic nitrogens is 2. The van der Waals surface area contributed by atoms with E-state index in [4.69, 9.17) is 0 Å². The van der Waals surface area contributed by atoms with Gasteiger partial charge in [-0.15, -0.1) is 0 Å². The average Bonchev–Trinajstić information content (AvgIpc) is 2.90. The number of carbonyl (C=O) groups excluding carboxylic acids is 1. The number of H-pyrrole nitrogens is 1. The van der Waals surface area contributed by atoms with Crippen LogP contribution in [0.25, 0.3) is 0 Å². The molecule has 1 aromatic carbocycles. The van der Waals surface area contributed by atoms with Crippen molar-refractivity contribution in [3.8, 4) is 11.5 Å². The summed E-state index contributed by atoms with van der Waals surface area (Å²) in [4.78, 5) is 12.4. The molecule has 0 aliphatic carbocycles. The number of alkyl halides is 4. The van der Waals surface area contributed by atoms with Crippen molar-refractivity contribution >= 4 is 27.5 Å². The monoisotopic (exact) mass is 439 g/mol. The molecule has 0 saturated carbocycles. The van der Waals surface area contributed by atoms with E-state index >= 15 is 0 Å². The smallest absolute Gasteiger partial charge is 0.387 e. The Morgan fingerprint density at radius 1 is 1.19 bits per heavy atom. The van der Waals surface area contributed by atoms with Crippen molar-refractivity contribution in [1.29, 1.82) is 0 Å². The number of ether oxygens (including phenoxy) is 2. The number of anilines is 1. The molecule has 2 rings (SSSR count). The summed E-state index contributed by atoms with van der Waals surface area (Å²) < 4.78 is 58.5. The number of amides is 1. The number of nitrogens with one attached hydrogen (secondary N) is 2. The third kappa shape index (κ3) is 4.87. The van der Waals surface area contributed by atoms with Crippen molar-refractivity contribution in [2.75, 3.05) is 5.32 Å². The molecule has 1 heterocycles. The Morgan fingerprint density at radius 2 is 1.85 bits per heavy atom. The van der Waals surface area contributed by atoms with Gasteiger partial charge in [0.25, 0.3) is 5.91 Å². The maximum atomic E-state index is 12.6. The van der Waals surface area contributed by atoms with Crippen LogP contribution in [-0.4, -0.2) is 29.3 Å². The number of aromatic amines is 1. The Kier molecular flexibility index (Phi) is 6.46. The summed E-state index contributed by atoms with van der Waals surface area (Å²) in [5, 5.41) is 8.94. The van der Waals surface area contributed by atoms with Crippen molar-refractivity contribution < 1.29 is 31.8 Å². The summed E-state index contributed by atoms with van der Waals surface area (Å²) >= 11 is 3.25. The highest BCUT2D eigenvalue weighted by Gasteiger charge is 2.21. The number of benzene rings is 1. The summed E-state index contributed by atoms with van der Waals surface area (Å²) in [7, 11) is 0. The number of rotatable bonds is 7. The minimum Gasteiger partial charge on any atom is -0.435 e. The van der Waals surface area contributed by atoms with Gasteiger partial charge in [-0.1, -0.05) is 13.8 Å². The molecule has 0 radical (unpaired) electrons. The number of halogens is 5. The molecule has 6 nitrogen and oxygen atoms in total. The molecule has 0 fully saturated rings. The number of nitrogens with zero attached hydrogens (tertiary/aromatic N) is 1. The highest BCUT2D eigenvalue weighted by Crippen LogP contribution is 2.33. The fraction of sp³-hybridized carbons (Fsp3) is 0.333. The van der Waals surface area contributed by atoms with Crippen LogP contribution in [-0.2, 0) is 0 Å². The summed E-state index contributed by atoms with van der Waals surface area (Å²) in [5.41, 5.74) is 0.530. The molecule has 0 atom stereocenters. The van der Waals surface area contributed by atoms with Crippen LogP contribution < -0.4 is 14.8 Å². The second-order valence-electron chi connectivity index (χ2n) is 5.32. The van der Waals surface area contributed by atoms with E-state index in [0.717, 1.165) is 18.2 Å².